The second-order valence-electron chi connectivity index (χ2n) is 17.7. The van der Waals surface area contributed by atoms with Gasteiger partial charge in [-0.15, -0.1) is 0 Å². The van der Waals surface area contributed by atoms with Crippen LogP contribution in [0.4, 0.5) is 56.9 Å². The van der Waals surface area contributed by atoms with Crippen LogP contribution in [-0.2, 0) is 0 Å². The van der Waals surface area contributed by atoms with E-state index in [1.165, 1.54) is 38.0 Å². The molecular formula is C66H50N4. The largest absolute Gasteiger partial charge is 0.334 e. The molecule has 70 heavy (non-hydrogen) atoms. The molecule has 1 aliphatic rings. The summed E-state index contributed by atoms with van der Waals surface area (Å²) < 4.78 is 0. The highest BCUT2D eigenvalue weighted by atomic mass is 15.2. The van der Waals surface area contributed by atoms with Crippen molar-refractivity contribution in [2.75, 3.05) is 19.6 Å². The molecular weight excluding hydrogens is 849 g/mol. The minimum Gasteiger partial charge on any atom is -0.334 e. The number of anilines is 10. The molecule has 0 radical (unpaired) electrons. The fourth-order valence-electron chi connectivity index (χ4n) is 10.2. The van der Waals surface area contributed by atoms with Gasteiger partial charge in [-0.25, -0.2) is 0 Å². The highest BCUT2D eigenvalue weighted by molar-refractivity contribution is 6.01. The molecule has 0 heterocycles. The Bertz CT molecular complexity index is 3460. The van der Waals surface area contributed by atoms with Gasteiger partial charge < -0.3 is 19.6 Å². The Morgan fingerprint density at radius 2 is 0.600 bits per heavy atom. The average Bonchev–Trinajstić information content (AvgIpc) is 3.43. The Balaban J connectivity index is 0.959. The summed E-state index contributed by atoms with van der Waals surface area (Å²) in [6.45, 7) is 0. The standard InChI is InChI=1S/C66H50N4/c1-4-25-52(26-5-1)68(64-34-16-22-49-19-10-13-31-61(49)64)58-43-37-55(38-44-58)67(56-39-45-59(46-40-56)69(53-27-6-2-7-28-53)65-35-17-23-50-20-11-14-32-62(50)65)57-41-47-60(48-42-57)70(54-29-8-3-9-30-54)66-36-18-24-51-21-12-15-33-63(51)66/h1-47,60H,48H2. The van der Waals surface area contributed by atoms with Crippen molar-refractivity contribution in [3.05, 3.63) is 291 Å². The first-order valence-electron chi connectivity index (χ1n) is 24.1. The van der Waals surface area contributed by atoms with Crippen molar-refractivity contribution in [2.24, 2.45) is 0 Å². The molecule has 0 spiro atoms. The first kappa shape index (κ1) is 42.2. The van der Waals surface area contributed by atoms with Crippen molar-refractivity contribution in [1.82, 2.24) is 0 Å². The van der Waals surface area contributed by atoms with E-state index in [9.17, 15) is 0 Å². The van der Waals surface area contributed by atoms with Crippen LogP contribution >= 0.6 is 0 Å². The zero-order valence-electron chi connectivity index (χ0n) is 38.7. The lowest BCUT2D eigenvalue weighted by Crippen LogP contribution is -2.31. The summed E-state index contributed by atoms with van der Waals surface area (Å²) in [6, 6.07) is 96.1. The molecule has 0 fully saturated rings. The van der Waals surface area contributed by atoms with Crippen LogP contribution in [0.3, 0.4) is 0 Å². The highest BCUT2D eigenvalue weighted by Gasteiger charge is 2.25. The van der Waals surface area contributed by atoms with E-state index in [1.807, 2.05) is 0 Å². The molecule has 1 unspecified atom stereocenters. The van der Waals surface area contributed by atoms with Crippen molar-refractivity contribution in [1.29, 1.82) is 0 Å². The Morgan fingerprint density at radius 1 is 0.271 bits per heavy atom. The summed E-state index contributed by atoms with van der Waals surface area (Å²) >= 11 is 0. The molecule has 334 valence electrons. The molecule has 0 bridgehead atoms. The van der Waals surface area contributed by atoms with E-state index in [0.717, 1.165) is 63.3 Å². The zero-order valence-corrected chi connectivity index (χ0v) is 38.7. The fraction of sp³-hybridized carbons (Fsp3) is 0.0303. The Kier molecular flexibility index (Phi) is 11.4. The van der Waals surface area contributed by atoms with E-state index >= 15 is 0 Å². The second-order valence-corrected chi connectivity index (χ2v) is 17.7. The van der Waals surface area contributed by atoms with Crippen LogP contribution in [0.15, 0.2) is 291 Å². The topological polar surface area (TPSA) is 13.0 Å². The monoisotopic (exact) mass is 898 g/mol. The van der Waals surface area contributed by atoms with Gasteiger partial charge in [0.1, 0.15) is 0 Å². The minimum absolute atomic E-state index is 0.0869. The number of allylic oxidation sites excluding steroid dienone is 1. The van der Waals surface area contributed by atoms with E-state index in [-0.39, 0.29) is 6.04 Å². The van der Waals surface area contributed by atoms with Crippen molar-refractivity contribution >= 4 is 89.2 Å². The van der Waals surface area contributed by atoms with Gasteiger partial charge in [-0.05, 0) is 132 Å². The number of fused-ring (bicyclic) bond motifs is 3. The zero-order chi connectivity index (χ0) is 46.6. The van der Waals surface area contributed by atoms with Crippen LogP contribution in [0.5, 0.6) is 0 Å². The average molecular weight is 899 g/mol. The second kappa shape index (κ2) is 18.9. The molecule has 12 rings (SSSR count). The third-order valence-corrected chi connectivity index (χ3v) is 13.5. The molecule has 0 N–H and O–H groups in total. The van der Waals surface area contributed by atoms with Crippen molar-refractivity contribution in [2.45, 2.75) is 12.5 Å². The van der Waals surface area contributed by atoms with Gasteiger partial charge in [-0.3, -0.25) is 0 Å². The third kappa shape index (κ3) is 8.12. The van der Waals surface area contributed by atoms with Crippen molar-refractivity contribution < 1.29 is 0 Å². The Morgan fingerprint density at radius 3 is 1.01 bits per heavy atom. The van der Waals surface area contributed by atoms with E-state index < -0.39 is 0 Å². The molecule has 0 amide bonds. The van der Waals surface area contributed by atoms with Crippen LogP contribution in [0.1, 0.15) is 6.42 Å². The van der Waals surface area contributed by atoms with E-state index in [1.54, 1.807) is 0 Å². The summed E-state index contributed by atoms with van der Waals surface area (Å²) in [5.41, 5.74) is 12.3. The Labute approximate surface area is 410 Å². The maximum absolute atomic E-state index is 2.50. The maximum atomic E-state index is 2.50. The maximum Gasteiger partial charge on any atom is 0.0561 e. The van der Waals surface area contributed by atoms with Gasteiger partial charge in [-0.1, -0.05) is 176 Å². The van der Waals surface area contributed by atoms with Crippen LogP contribution < -0.4 is 19.6 Å². The lowest BCUT2D eigenvalue weighted by molar-refractivity contribution is 0.779. The highest BCUT2D eigenvalue weighted by Crippen LogP contribution is 2.44. The number of benzene rings is 11. The summed E-state index contributed by atoms with van der Waals surface area (Å²) in [4.78, 5) is 9.64. The molecule has 4 heteroatoms. The van der Waals surface area contributed by atoms with E-state index in [0.29, 0.717) is 0 Å². The molecule has 1 aliphatic carbocycles. The third-order valence-electron chi connectivity index (χ3n) is 13.5. The SMILES string of the molecule is C1=CC(N(c2ccccc2)c2cccc3ccccc23)CC=C1N(c1ccc(N(c2ccccc2)c2cccc3ccccc23)cc1)c1ccc(N(c2ccccc2)c2cccc3ccccc23)cc1. The molecule has 1 atom stereocenters. The van der Waals surface area contributed by atoms with Crippen LogP contribution in [0.25, 0.3) is 32.3 Å². The fourth-order valence-corrected chi connectivity index (χ4v) is 10.2. The molecule has 0 saturated carbocycles. The van der Waals surface area contributed by atoms with Crippen molar-refractivity contribution in [3.63, 3.8) is 0 Å². The molecule has 0 aromatic heterocycles. The number of nitrogens with zero attached hydrogens (tertiary/aromatic N) is 4. The molecule has 11 aromatic rings. The summed E-state index contributed by atoms with van der Waals surface area (Å²) in [5.74, 6) is 0. The first-order valence-corrected chi connectivity index (χ1v) is 24.1. The number of rotatable bonds is 12. The van der Waals surface area contributed by atoms with E-state index in [2.05, 4.69) is 305 Å². The number of hydrogen-bond donors (Lipinski definition) is 0. The number of para-hydroxylation sites is 3. The molecule has 11 aromatic carbocycles. The number of hydrogen-bond acceptors (Lipinski definition) is 4. The smallest absolute Gasteiger partial charge is 0.0561 e. The summed E-state index contributed by atoms with van der Waals surface area (Å²) in [7, 11) is 0. The lowest BCUT2D eigenvalue weighted by atomic mass is 9.99. The summed E-state index contributed by atoms with van der Waals surface area (Å²) in [6.07, 6.45) is 7.92. The first-order chi connectivity index (χ1) is 34.7. The molecule has 4 nitrogen and oxygen atoms in total. The Hall–Kier alpha value is -9.12. The van der Waals surface area contributed by atoms with Crippen LogP contribution in [0.2, 0.25) is 0 Å². The molecule has 0 aliphatic heterocycles. The quantitative estimate of drug-likeness (QED) is 0.121. The predicted molar refractivity (Wildman–Crippen MR) is 298 cm³/mol. The lowest BCUT2D eigenvalue weighted by Gasteiger charge is -2.36. The van der Waals surface area contributed by atoms with Gasteiger partial charge in [0, 0.05) is 67.4 Å². The van der Waals surface area contributed by atoms with Gasteiger partial charge in [0.15, 0.2) is 0 Å². The van der Waals surface area contributed by atoms with Gasteiger partial charge in [0.05, 0.1) is 17.4 Å². The minimum atomic E-state index is 0.0869. The normalized spacial score (nSPS) is 13.3. The van der Waals surface area contributed by atoms with Gasteiger partial charge in [0.25, 0.3) is 0 Å². The van der Waals surface area contributed by atoms with E-state index in [4.69, 9.17) is 0 Å². The predicted octanol–water partition coefficient (Wildman–Crippen LogP) is 18.3. The van der Waals surface area contributed by atoms with Gasteiger partial charge >= 0.3 is 0 Å². The van der Waals surface area contributed by atoms with Gasteiger partial charge in [0.2, 0.25) is 0 Å². The van der Waals surface area contributed by atoms with Gasteiger partial charge in [-0.2, -0.15) is 0 Å². The molecule has 0 saturated heterocycles. The van der Waals surface area contributed by atoms with Crippen LogP contribution in [-0.4, -0.2) is 6.04 Å². The van der Waals surface area contributed by atoms with Crippen LogP contribution in [0, 0.1) is 0 Å². The summed E-state index contributed by atoms with van der Waals surface area (Å²) in [5, 5.41) is 7.28. The van der Waals surface area contributed by atoms with Crippen molar-refractivity contribution in [3.8, 4) is 0 Å².